The maximum absolute atomic E-state index is 12.2. The lowest BCUT2D eigenvalue weighted by molar-refractivity contribution is -0.384. The average molecular weight is 350 g/mol. The summed E-state index contributed by atoms with van der Waals surface area (Å²) in [4.78, 5) is 34.3. The molecule has 2 aromatic carbocycles. The Hall–Kier alpha value is -3.13. The van der Waals surface area contributed by atoms with Gasteiger partial charge in [0, 0.05) is 12.1 Å². The van der Waals surface area contributed by atoms with E-state index in [4.69, 9.17) is 16.3 Å². The van der Waals surface area contributed by atoms with Crippen LogP contribution in [0.2, 0.25) is 5.02 Å². The van der Waals surface area contributed by atoms with Crippen LogP contribution in [-0.4, -0.2) is 23.8 Å². The van der Waals surface area contributed by atoms with Gasteiger partial charge in [-0.3, -0.25) is 30.6 Å². The SMILES string of the molecule is COc1ccc([N+](=O)[O-])cc1C(=O)NNC(=O)c1ccccc1Cl. The summed E-state index contributed by atoms with van der Waals surface area (Å²) in [7, 11) is 1.32. The van der Waals surface area contributed by atoms with Gasteiger partial charge in [0.2, 0.25) is 0 Å². The number of hydrazine groups is 1. The van der Waals surface area contributed by atoms with Gasteiger partial charge < -0.3 is 4.74 Å². The number of benzene rings is 2. The quantitative estimate of drug-likeness (QED) is 0.650. The fourth-order valence-corrected chi connectivity index (χ4v) is 2.10. The number of rotatable bonds is 4. The van der Waals surface area contributed by atoms with Crippen molar-refractivity contribution in [2.75, 3.05) is 7.11 Å². The summed E-state index contributed by atoms with van der Waals surface area (Å²) >= 11 is 5.89. The highest BCUT2D eigenvalue weighted by Gasteiger charge is 2.18. The number of carbonyl (C=O) groups is 2. The largest absolute Gasteiger partial charge is 0.496 e. The van der Waals surface area contributed by atoms with E-state index < -0.39 is 16.7 Å². The van der Waals surface area contributed by atoms with Crippen LogP contribution in [0.25, 0.3) is 0 Å². The number of nitro groups is 1. The number of hydrogen-bond acceptors (Lipinski definition) is 5. The molecule has 0 bridgehead atoms. The molecule has 0 atom stereocenters. The number of nitro benzene ring substituents is 1. The smallest absolute Gasteiger partial charge is 0.273 e. The second-order valence-electron chi connectivity index (χ2n) is 4.53. The van der Waals surface area contributed by atoms with Crippen molar-refractivity contribution in [3.63, 3.8) is 0 Å². The third-order valence-electron chi connectivity index (χ3n) is 3.05. The molecule has 0 aliphatic heterocycles. The van der Waals surface area contributed by atoms with Crippen LogP contribution < -0.4 is 15.6 Å². The van der Waals surface area contributed by atoms with Gasteiger partial charge in [-0.05, 0) is 18.2 Å². The molecule has 0 aliphatic rings. The third kappa shape index (κ3) is 3.79. The standard InChI is InChI=1S/C15H12ClN3O5/c1-24-13-7-6-9(19(22)23)8-11(13)15(21)18-17-14(20)10-4-2-3-5-12(10)16/h2-8H,1H3,(H,17,20)(H,18,21). The molecule has 0 saturated heterocycles. The molecule has 9 heteroatoms. The molecule has 2 amide bonds. The van der Waals surface area contributed by atoms with Gasteiger partial charge in [-0.25, -0.2) is 0 Å². The van der Waals surface area contributed by atoms with E-state index in [-0.39, 0.29) is 27.6 Å². The third-order valence-corrected chi connectivity index (χ3v) is 3.38. The number of methoxy groups -OCH3 is 1. The minimum atomic E-state index is -0.768. The van der Waals surface area contributed by atoms with Crippen molar-refractivity contribution < 1.29 is 19.2 Å². The number of non-ortho nitro benzene ring substituents is 1. The summed E-state index contributed by atoms with van der Waals surface area (Å²) in [5.74, 6) is -1.26. The Kier molecular flexibility index (Phi) is 5.33. The maximum atomic E-state index is 12.2. The number of nitrogens with zero attached hydrogens (tertiary/aromatic N) is 1. The Morgan fingerprint density at radius 3 is 2.29 bits per heavy atom. The zero-order valence-electron chi connectivity index (χ0n) is 12.4. The number of halogens is 1. The van der Waals surface area contributed by atoms with E-state index in [2.05, 4.69) is 10.9 Å². The van der Waals surface area contributed by atoms with Crippen molar-refractivity contribution >= 4 is 29.1 Å². The summed E-state index contributed by atoms with van der Waals surface area (Å²) < 4.78 is 4.99. The number of amides is 2. The summed E-state index contributed by atoms with van der Waals surface area (Å²) in [6.07, 6.45) is 0. The van der Waals surface area contributed by atoms with Crippen LogP contribution in [0.15, 0.2) is 42.5 Å². The van der Waals surface area contributed by atoms with Gasteiger partial charge in [0.1, 0.15) is 5.75 Å². The molecule has 0 aromatic heterocycles. The zero-order valence-corrected chi connectivity index (χ0v) is 13.2. The van der Waals surface area contributed by atoms with E-state index in [0.29, 0.717) is 0 Å². The predicted octanol–water partition coefficient (Wildman–Crippen LogP) is 2.33. The number of nitrogens with one attached hydrogen (secondary N) is 2. The van der Waals surface area contributed by atoms with Crippen LogP contribution in [0.4, 0.5) is 5.69 Å². The second-order valence-corrected chi connectivity index (χ2v) is 4.94. The van der Waals surface area contributed by atoms with Crippen LogP contribution in [0.1, 0.15) is 20.7 Å². The molecular weight excluding hydrogens is 338 g/mol. The van der Waals surface area contributed by atoms with E-state index >= 15 is 0 Å². The highest BCUT2D eigenvalue weighted by atomic mass is 35.5. The Morgan fingerprint density at radius 2 is 1.71 bits per heavy atom. The molecule has 2 N–H and O–H groups in total. The Balaban J connectivity index is 2.15. The van der Waals surface area contributed by atoms with Crippen molar-refractivity contribution in [2.45, 2.75) is 0 Å². The first kappa shape index (κ1) is 17.2. The minimum Gasteiger partial charge on any atom is -0.496 e. The van der Waals surface area contributed by atoms with E-state index in [1.54, 1.807) is 12.1 Å². The summed E-state index contributed by atoms with van der Waals surface area (Å²) in [5, 5.41) is 11.0. The molecule has 0 spiro atoms. The van der Waals surface area contributed by atoms with Crippen molar-refractivity contribution in [1.82, 2.24) is 10.9 Å². The van der Waals surface area contributed by atoms with E-state index in [9.17, 15) is 19.7 Å². The van der Waals surface area contributed by atoms with Crippen LogP contribution in [-0.2, 0) is 0 Å². The summed E-state index contributed by atoms with van der Waals surface area (Å²) in [6.45, 7) is 0. The molecule has 0 saturated carbocycles. The van der Waals surface area contributed by atoms with Crippen LogP contribution in [0.5, 0.6) is 5.75 Å². The van der Waals surface area contributed by atoms with Crippen LogP contribution in [0.3, 0.4) is 0 Å². The summed E-state index contributed by atoms with van der Waals surface area (Å²) in [5.41, 5.74) is 4.16. The predicted molar refractivity (Wildman–Crippen MR) is 86.0 cm³/mol. The topological polar surface area (TPSA) is 111 Å². The molecule has 8 nitrogen and oxygen atoms in total. The lowest BCUT2D eigenvalue weighted by Crippen LogP contribution is -2.41. The normalized spacial score (nSPS) is 9.92. The molecule has 24 heavy (non-hydrogen) atoms. The molecule has 0 radical (unpaired) electrons. The molecule has 0 fully saturated rings. The van der Waals surface area contributed by atoms with Crippen molar-refractivity contribution in [3.05, 3.63) is 68.7 Å². The maximum Gasteiger partial charge on any atom is 0.273 e. The van der Waals surface area contributed by atoms with E-state index in [1.807, 2.05) is 0 Å². The van der Waals surface area contributed by atoms with Crippen molar-refractivity contribution in [1.29, 1.82) is 0 Å². The highest BCUT2D eigenvalue weighted by Crippen LogP contribution is 2.23. The van der Waals surface area contributed by atoms with Gasteiger partial charge >= 0.3 is 0 Å². The zero-order chi connectivity index (χ0) is 17.7. The molecule has 2 aromatic rings. The van der Waals surface area contributed by atoms with Gasteiger partial charge in [0.15, 0.2) is 0 Å². The molecule has 124 valence electrons. The van der Waals surface area contributed by atoms with Gasteiger partial charge in [-0.2, -0.15) is 0 Å². The van der Waals surface area contributed by atoms with E-state index in [0.717, 1.165) is 6.07 Å². The fraction of sp³-hybridized carbons (Fsp3) is 0.0667. The Bertz CT molecular complexity index is 809. The van der Waals surface area contributed by atoms with Gasteiger partial charge in [-0.1, -0.05) is 23.7 Å². The number of hydrogen-bond donors (Lipinski definition) is 2. The van der Waals surface area contributed by atoms with Gasteiger partial charge in [0.05, 0.1) is 28.2 Å². The van der Waals surface area contributed by atoms with E-state index in [1.165, 1.54) is 31.4 Å². The first-order chi connectivity index (χ1) is 11.4. The molecule has 0 heterocycles. The fourth-order valence-electron chi connectivity index (χ4n) is 1.88. The molecule has 2 rings (SSSR count). The first-order valence-corrected chi connectivity index (χ1v) is 6.99. The lowest BCUT2D eigenvalue weighted by Gasteiger charge is -2.10. The van der Waals surface area contributed by atoms with Crippen molar-refractivity contribution in [3.8, 4) is 5.75 Å². The monoisotopic (exact) mass is 349 g/mol. The molecular formula is C15H12ClN3O5. The van der Waals surface area contributed by atoms with Gasteiger partial charge in [0.25, 0.3) is 17.5 Å². The Morgan fingerprint density at radius 1 is 1.08 bits per heavy atom. The average Bonchev–Trinajstić information content (AvgIpc) is 2.59. The number of carbonyl (C=O) groups excluding carboxylic acids is 2. The highest BCUT2D eigenvalue weighted by molar-refractivity contribution is 6.33. The first-order valence-electron chi connectivity index (χ1n) is 6.61. The van der Waals surface area contributed by atoms with Gasteiger partial charge in [-0.15, -0.1) is 0 Å². The van der Waals surface area contributed by atoms with Crippen LogP contribution in [0, 0.1) is 10.1 Å². The molecule has 0 unspecified atom stereocenters. The summed E-state index contributed by atoms with van der Waals surface area (Å²) in [6, 6.07) is 9.84. The number of ether oxygens (including phenoxy) is 1. The second kappa shape index (κ2) is 7.42. The van der Waals surface area contributed by atoms with Crippen molar-refractivity contribution in [2.24, 2.45) is 0 Å². The Labute approximate surface area is 141 Å². The molecule has 0 aliphatic carbocycles. The van der Waals surface area contributed by atoms with Crippen LogP contribution >= 0.6 is 11.6 Å². The minimum absolute atomic E-state index is 0.0915. The lowest BCUT2D eigenvalue weighted by atomic mass is 10.1.